The van der Waals surface area contributed by atoms with Gasteiger partial charge in [-0.25, -0.2) is 0 Å². The minimum Gasteiger partial charge on any atom is -0.343 e. The van der Waals surface area contributed by atoms with Crippen molar-refractivity contribution in [3.05, 3.63) is 23.8 Å². The van der Waals surface area contributed by atoms with Crippen LogP contribution in [0.15, 0.2) is 23.8 Å². The molecule has 5 atom stereocenters. The van der Waals surface area contributed by atoms with E-state index in [1.807, 2.05) is 32.9 Å². The summed E-state index contributed by atoms with van der Waals surface area (Å²) >= 11 is 0. The van der Waals surface area contributed by atoms with Crippen LogP contribution in [0.1, 0.15) is 40.5 Å². The van der Waals surface area contributed by atoms with Crippen LogP contribution in [0.2, 0.25) is 0 Å². The molecule has 0 N–H and O–H groups in total. The van der Waals surface area contributed by atoms with Gasteiger partial charge in [0.2, 0.25) is 0 Å². The van der Waals surface area contributed by atoms with Crippen LogP contribution in [0.5, 0.6) is 0 Å². The highest BCUT2D eigenvalue weighted by molar-refractivity contribution is 5.36. The van der Waals surface area contributed by atoms with Crippen molar-refractivity contribution < 1.29 is 9.47 Å². The molecule has 0 bridgehead atoms. The van der Waals surface area contributed by atoms with Gasteiger partial charge in [0.25, 0.3) is 0 Å². The van der Waals surface area contributed by atoms with Crippen LogP contribution in [-0.2, 0) is 9.47 Å². The molecule has 1 fully saturated rings. The van der Waals surface area contributed by atoms with Crippen molar-refractivity contribution in [2.45, 2.75) is 58.0 Å². The average molecular weight is 324 g/mol. The third kappa shape index (κ3) is 3.70. The Hall–Kier alpha value is -2.06. The summed E-state index contributed by atoms with van der Waals surface area (Å²) in [6, 6.07) is 3.92. The van der Waals surface area contributed by atoms with Crippen LogP contribution in [0.4, 0.5) is 0 Å². The van der Waals surface area contributed by atoms with E-state index in [1.165, 1.54) is 0 Å². The summed E-state index contributed by atoms with van der Waals surface area (Å²) in [4.78, 5) is 0. The Morgan fingerprint density at radius 3 is 2.58 bits per heavy atom. The minimum atomic E-state index is -0.768. The van der Waals surface area contributed by atoms with Gasteiger partial charge in [0.05, 0.1) is 0 Å². The van der Waals surface area contributed by atoms with Gasteiger partial charge in [0, 0.05) is 0 Å². The van der Waals surface area contributed by atoms with E-state index in [-0.39, 0.29) is 29.4 Å². The highest BCUT2D eigenvalue weighted by Gasteiger charge is 2.50. The van der Waals surface area contributed by atoms with Gasteiger partial charge in [-0.2, -0.15) is 10.5 Å². The van der Waals surface area contributed by atoms with Gasteiger partial charge < -0.3 is 9.47 Å². The van der Waals surface area contributed by atoms with Gasteiger partial charge in [-0.05, 0) is 51.4 Å². The highest BCUT2D eigenvalue weighted by Crippen LogP contribution is 2.43. The minimum absolute atomic E-state index is 0.110. The quantitative estimate of drug-likeness (QED) is 0.451. The molecule has 4 nitrogen and oxygen atoms in total. The summed E-state index contributed by atoms with van der Waals surface area (Å²) in [5, 5.41) is 18.1. The van der Waals surface area contributed by atoms with Gasteiger partial charge >= 0.3 is 0 Å². The molecule has 24 heavy (non-hydrogen) atoms. The van der Waals surface area contributed by atoms with Crippen LogP contribution in [-0.4, -0.2) is 17.5 Å². The van der Waals surface area contributed by atoms with E-state index < -0.39 is 11.4 Å². The van der Waals surface area contributed by atoms with E-state index in [1.54, 1.807) is 6.08 Å². The molecule has 1 saturated heterocycles. The summed E-state index contributed by atoms with van der Waals surface area (Å²) in [5.74, 6) is 2.64. The van der Waals surface area contributed by atoms with Gasteiger partial charge in [-0.3, -0.25) is 0 Å². The van der Waals surface area contributed by atoms with Crippen molar-refractivity contribution >= 4 is 0 Å². The first-order valence-electron chi connectivity index (χ1n) is 8.29. The lowest BCUT2D eigenvalue weighted by Crippen LogP contribution is -2.38. The molecule has 2 aliphatic rings. The van der Waals surface area contributed by atoms with E-state index in [0.29, 0.717) is 0 Å². The maximum Gasteiger partial charge on any atom is 0.165 e. The molecule has 4 heteroatoms. The molecule has 0 aromatic carbocycles. The smallest absolute Gasteiger partial charge is 0.165 e. The first-order valence-corrected chi connectivity index (χ1v) is 8.29. The number of allylic oxidation sites excluding steroid dienone is 4. The SMILES string of the molecule is C#C[C@]1(C)OC(C)(C)O[C@H]1C[C@H]1CC=C[C@@H](C)[C@H]1C=C(C#N)C#N. The molecule has 1 heterocycles. The van der Waals surface area contributed by atoms with E-state index in [9.17, 15) is 0 Å². The highest BCUT2D eigenvalue weighted by atomic mass is 16.8. The summed E-state index contributed by atoms with van der Waals surface area (Å²) in [5.41, 5.74) is -0.606. The molecule has 0 aromatic heterocycles. The molecule has 0 radical (unpaired) electrons. The third-order valence-electron chi connectivity index (χ3n) is 4.93. The van der Waals surface area contributed by atoms with Crippen molar-refractivity contribution in [1.82, 2.24) is 0 Å². The van der Waals surface area contributed by atoms with Crippen molar-refractivity contribution in [2.75, 3.05) is 0 Å². The standard InChI is InChI=1S/C20H24N2O2/c1-6-20(5)18(23-19(3,4)24-20)11-16-9-7-8-14(2)17(16)10-15(12-21)13-22/h1,7-8,10,14,16-18H,9,11H2,2-5H3/t14-,16-,17-,18+,20+/m1/s1. The van der Waals surface area contributed by atoms with Crippen LogP contribution in [0.25, 0.3) is 0 Å². The van der Waals surface area contributed by atoms with Crippen LogP contribution in [0.3, 0.4) is 0 Å². The van der Waals surface area contributed by atoms with Crippen LogP contribution in [0, 0.1) is 52.8 Å². The maximum absolute atomic E-state index is 9.07. The molecule has 126 valence electrons. The molecule has 1 aliphatic heterocycles. The predicted molar refractivity (Wildman–Crippen MR) is 91.1 cm³/mol. The van der Waals surface area contributed by atoms with Gasteiger partial charge in [0.1, 0.15) is 23.8 Å². The fourth-order valence-electron chi connectivity index (χ4n) is 3.74. The largest absolute Gasteiger partial charge is 0.343 e. The zero-order chi connectivity index (χ0) is 18.0. The van der Waals surface area contributed by atoms with Crippen molar-refractivity contribution in [3.8, 4) is 24.5 Å². The number of terminal acetylenes is 1. The molecule has 0 aromatic rings. The van der Waals surface area contributed by atoms with Gasteiger partial charge in [-0.15, -0.1) is 6.42 Å². The van der Waals surface area contributed by atoms with Crippen molar-refractivity contribution in [2.24, 2.45) is 17.8 Å². The Labute approximate surface area is 144 Å². The monoisotopic (exact) mass is 324 g/mol. The van der Waals surface area contributed by atoms with Crippen LogP contribution < -0.4 is 0 Å². The maximum atomic E-state index is 9.07. The second-order valence-corrected chi connectivity index (χ2v) is 7.26. The summed E-state index contributed by atoms with van der Waals surface area (Å²) < 4.78 is 12.0. The number of hydrogen-bond acceptors (Lipinski definition) is 4. The molecule has 0 amide bonds. The predicted octanol–water partition coefficient (Wildman–Crippen LogP) is 3.72. The molecular weight excluding hydrogens is 300 g/mol. The van der Waals surface area contributed by atoms with Crippen molar-refractivity contribution in [1.29, 1.82) is 10.5 Å². The van der Waals surface area contributed by atoms with Gasteiger partial charge in [-0.1, -0.05) is 31.1 Å². The second kappa shape index (κ2) is 6.82. The zero-order valence-electron chi connectivity index (χ0n) is 14.7. The number of rotatable bonds is 3. The molecule has 2 rings (SSSR count). The Kier molecular flexibility index (Phi) is 5.19. The first-order chi connectivity index (χ1) is 11.2. The molecular formula is C20H24N2O2. The molecule has 0 unspecified atom stereocenters. The normalized spacial score (nSPS) is 37.0. The van der Waals surface area contributed by atoms with E-state index in [4.69, 9.17) is 26.4 Å². The molecule has 1 aliphatic carbocycles. The fourth-order valence-corrected chi connectivity index (χ4v) is 3.74. The van der Waals surface area contributed by atoms with E-state index in [0.717, 1.165) is 12.8 Å². The zero-order valence-corrected chi connectivity index (χ0v) is 14.7. The lowest BCUT2D eigenvalue weighted by molar-refractivity contribution is -0.153. The van der Waals surface area contributed by atoms with E-state index in [2.05, 4.69) is 25.0 Å². The van der Waals surface area contributed by atoms with Crippen molar-refractivity contribution in [3.63, 3.8) is 0 Å². The summed E-state index contributed by atoms with van der Waals surface area (Å²) in [6.07, 6.45) is 13.2. The van der Waals surface area contributed by atoms with E-state index >= 15 is 0 Å². The number of nitrogens with zero attached hydrogens (tertiary/aromatic N) is 2. The number of ether oxygens (including phenoxy) is 2. The van der Waals surface area contributed by atoms with Gasteiger partial charge in [0.15, 0.2) is 11.4 Å². The molecule has 0 spiro atoms. The molecule has 0 saturated carbocycles. The number of hydrogen-bond donors (Lipinski definition) is 0. The topological polar surface area (TPSA) is 66.0 Å². The fraction of sp³-hybridized carbons (Fsp3) is 0.600. The Morgan fingerprint density at radius 1 is 1.33 bits per heavy atom. The Balaban J connectivity index is 2.25. The average Bonchev–Trinajstić information content (AvgIpc) is 2.76. The Morgan fingerprint density at radius 2 is 2.00 bits per heavy atom. The lowest BCUT2D eigenvalue weighted by Gasteiger charge is -2.34. The Bertz CT molecular complexity index is 655. The summed E-state index contributed by atoms with van der Waals surface area (Å²) in [7, 11) is 0. The third-order valence-corrected chi connectivity index (χ3v) is 4.93. The number of nitriles is 2. The first kappa shape index (κ1) is 18.3. The van der Waals surface area contributed by atoms with Crippen LogP contribution >= 0.6 is 0 Å². The summed E-state index contributed by atoms with van der Waals surface area (Å²) in [6.45, 7) is 7.72. The lowest BCUT2D eigenvalue weighted by atomic mass is 9.72. The second-order valence-electron chi connectivity index (χ2n) is 7.26.